The second-order valence-corrected chi connectivity index (χ2v) is 4.80. The van der Waals surface area contributed by atoms with Crippen LogP contribution < -0.4 is 9.47 Å². The maximum Gasteiger partial charge on any atom is 0.170 e. The van der Waals surface area contributed by atoms with Crippen LogP contribution in [0, 0.1) is 0 Å². The molecule has 2 rings (SSSR count). The number of Topliss-reactive ketones (excluding diaryl/α,β-unsaturated/α-hetero) is 1. The Labute approximate surface area is 125 Å². The van der Waals surface area contributed by atoms with Crippen LogP contribution in [0.15, 0.2) is 48.5 Å². The van der Waals surface area contributed by atoms with E-state index >= 15 is 0 Å². The summed E-state index contributed by atoms with van der Waals surface area (Å²) in [5.74, 6) is 1.47. The van der Waals surface area contributed by atoms with Crippen LogP contribution in [-0.4, -0.2) is 19.5 Å². The van der Waals surface area contributed by atoms with E-state index in [1.54, 1.807) is 7.11 Å². The minimum atomic E-state index is 0.0509. The van der Waals surface area contributed by atoms with E-state index in [1.807, 2.05) is 55.5 Å². The van der Waals surface area contributed by atoms with Crippen molar-refractivity contribution in [2.45, 2.75) is 19.8 Å². The molecule has 0 saturated carbocycles. The highest BCUT2D eigenvalue weighted by atomic mass is 16.5. The van der Waals surface area contributed by atoms with E-state index in [0.717, 1.165) is 17.7 Å². The van der Waals surface area contributed by atoms with Crippen LogP contribution in [0.1, 0.15) is 29.3 Å². The van der Waals surface area contributed by atoms with E-state index < -0.39 is 0 Å². The average Bonchev–Trinajstić information content (AvgIpc) is 2.53. The summed E-state index contributed by atoms with van der Waals surface area (Å²) in [6.07, 6.45) is 1.25. The Balaban J connectivity index is 2.16. The van der Waals surface area contributed by atoms with Gasteiger partial charge in [-0.25, -0.2) is 0 Å². The standard InChI is InChI=1S/C18H20O3/c1-3-11-21-18-10-5-4-9-16(18)17(19)13-14-7-6-8-15(12-14)20-2/h4-10,12H,3,11,13H2,1-2H3. The quantitative estimate of drug-likeness (QED) is 0.723. The van der Waals surface area contributed by atoms with Gasteiger partial charge in [-0.15, -0.1) is 0 Å². The van der Waals surface area contributed by atoms with E-state index in [2.05, 4.69) is 0 Å². The lowest BCUT2D eigenvalue weighted by Gasteiger charge is -2.10. The van der Waals surface area contributed by atoms with Crippen molar-refractivity contribution in [3.05, 3.63) is 59.7 Å². The zero-order valence-electron chi connectivity index (χ0n) is 12.5. The molecule has 0 saturated heterocycles. The lowest BCUT2D eigenvalue weighted by molar-refractivity contribution is 0.0989. The van der Waals surface area contributed by atoms with E-state index in [1.165, 1.54) is 0 Å². The topological polar surface area (TPSA) is 35.5 Å². The maximum absolute atomic E-state index is 12.5. The lowest BCUT2D eigenvalue weighted by atomic mass is 10.0. The average molecular weight is 284 g/mol. The normalized spacial score (nSPS) is 10.2. The van der Waals surface area contributed by atoms with Crippen LogP contribution in [0.25, 0.3) is 0 Å². The molecule has 2 aromatic rings. The zero-order valence-corrected chi connectivity index (χ0v) is 12.5. The molecule has 0 aliphatic carbocycles. The molecule has 0 aliphatic heterocycles. The van der Waals surface area contributed by atoms with Crippen LogP contribution in [0.5, 0.6) is 11.5 Å². The number of ether oxygens (including phenoxy) is 2. The van der Waals surface area contributed by atoms with E-state index in [-0.39, 0.29) is 5.78 Å². The summed E-state index contributed by atoms with van der Waals surface area (Å²) in [5.41, 5.74) is 1.57. The van der Waals surface area contributed by atoms with Gasteiger partial charge in [-0.3, -0.25) is 4.79 Å². The number of ketones is 1. The Morgan fingerprint density at radius 2 is 1.90 bits per heavy atom. The third-order valence-corrected chi connectivity index (χ3v) is 3.15. The van der Waals surface area contributed by atoms with Gasteiger partial charge in [0.1, 0.15) is 11.5 Å². The van der Waals surface area contributed by atoms with Gasteiger partial charge in [0.25, 0.3) is 0 Å². The molecule has 0 N–H and O–H groups in total. The molecule has 0 fully saturated rings. The minimum absolute atomic E-state index is 0.0509. The number of para-hydroxylation sites is 1. The van der Waals surface area contributed by atoms with Crippen LogP contribution >= 0.6 is 0 Å². The summed E-state index contributed by atoms with van der Waals surface area (Å²) in [6, 6.07) is 15.0. The molecule has 21 heavy (non-hydrogen) atoms. The number of rotatable bonds is 7. The number of hydrogen-bond acceptors (Lipinski definition) is 3. The van der Waals surface area contributed by atoms with Gasteiger partial charge in [-0.1, -0.05) is 31.2 Å². The van der Waals surface area contributed by atoms with Crippen molar-refractivity contribution in [3.63, 3.8) is 0 Å². The summed E-state index contributed by atoms with van der Waals surface area (Å²) in [4.78, 5) is 12.5. The summed E-state index contributed by atoms with van der Waals surface area (Å²) < 4.78 is 10.8. The molecule has 0 amide bonds. The van der Waals surface area contributed by atoms with Gasteiger partial charge < -0.3 is 9.47 Å². The van der Waals surface area contributed by atoms with Gasteiger partial charge >= 0.3 is 0 Å². The number of methoxy groups -OCH3 is 1. The third kappa shape index (κ3) is 4.09. The summed E-state index contributed by atoms with van der Waals surface area (Å²) in [6.45, 7) is 2.66. The van der Waals surface area contributed by atoms with E-state index in [4.69, 9.17) is 9.47 Å². The number of carbonyl (C=O) groups excluding carboxylic acids is 1. The van der Waals surface area contributed by atoms with Crippen LogP contribution in [0.3, 0.4) is 0 Å². The minimum Gasteiger partial charge on any atom is -0.497 e. The molecule has 0 atom stereocenters. The Bertz CT molecular complexity index is 605. The van der Waals surface area contributed by atoms with Crippen LogP contribution in [-0.2, 0) is 6.42 Å². The molecule has 0 heterocycles. The Hall–Kier alpha value is -2.29. The van der Waals surface area contributed by atoms with Crippen molar-refractivity contribution < 1.29 is 14.3 Å². The largest absolute Gasteiger partial charge is 0.497 e. The van der Waals surface area contributed by atoms with Gasteiger partial charge in [0.05, 0.1) is 19.3 Å². The Morgan fingerprint density at radius 3 is 2.67 bits per heavy atom. The smallest absolute Gasteiger partial charge is 0.170 e. The van der Waals surface area contributed by atoms with E-state index in [0.29, 0.717) is 24.3 Å². The van der Waals surface area contributed by atoms with Crippen LogP contribution in [0.2, 0.25) is 0 Å². The first-order valence-electron chi connectivity index (χ1n) is 7.12. The Kier molecular flexibility index (Phi) is 5.38. The van der Waals surface area contributed by atoms with Crippen LogP contribution in [0.4, 0.5) is 0 Å². The number of hydrogen-bond donors (Lipinski definition) is 0. The maximum atomic E-state index is 12.5. The first-order chi connectivity index (χ1) is 10.2. The third-order valence-electron chi connectivity index (χ3n) is 3.15. The highest BCUT2D eigenvalue weighted by molar-refractivity contribution is 6.00. The second kappa shape index (κ2) is 7.48. The molecule has 0 aromatic heterocycles. The highest BCUT2D eigenvalue weighted by Crippen LogP contribution is 2.21. The van der Waals surface area contributed by atoms with Crippen molar-refractivity contribution in [2.24, 2.45) is 0 Å². The van der Waals surface area contributed by atoms with Gasteiger partial charge in [0, 0.05) is 6.42 Å². The number of benzene rings is 2. The molecular formula is C18H20O3. The zero-order chi connectivity index (χ0) is 15.1. The van der Waals surface area contributed by atoms with Crippen molar-refractivity contribution >= 4 is 5.78 Å². The SMILES string of the molecule is CCCOc1ccccc1C(=O)Cc1cccc(OC)c1. The van der Waals surface area contributed by atoms with Crippen molar-refractivity contribution in [1.29, 1.82) is 0 Å². The molecule has 3 heteroatoms. The molecule has 0 bridgehead atoms. The molecule has 3 nitrogen and oxygen atoms in total. The second-order valence-electron chi connectivity index (χ2n) is 4.80. The van der Waals surface area contributed by atoms with E-state index in [9.17, 15) is 4.79 Å². The first kappa shape index (κ1) is 15.1. The molecule has 2 aromatic carbocycles. The summed E-state index contributed by atoms with van der Waals surface area (Å²) >= 11 is 0. The predicted molar refractivity (Wildman–Crippen MR) is 83.3 cm³/mol. The van der Waals surface area contributed by atoms with Gasteiger partial charge in [0.15, 0.2) is 5.78 Å². The fourth-order valence-corrected chi connectivity index (χ4v) is 2.10. The van der Waals surface area contributed by atoms with Crippen molar-refractivity contribution in [1.82, 2.24) is 0 Å². The first-order valence-corrected chi connectivity index (χ1v) is 7.12. The molecular weight excluding hydrogens is 264 g/mol. The molecule has 0 aliphatic rings. The monoisotopic (exact) mass is 284 g/mol. The summed E-state index contributed by atoms with van der Waals surface area (Å²) in [7, 11) is 1.62. The summed E-state index contributed by atoms with van der Waals surface area (Å²) in [5, 5.41) is 0. The Morgan fingerprint density at radius 1 is 1.10 bits per heavy atom. The molecule has 0 unspecified atom stereocenters. The number of carbonyl (C=O) groups is 1. The molecule has 110 valence electrons. The molecule has 0 radical (unpaired) electrons. The highest BCUT2D eigenvalue weighted by Gasteiger charge is 2.13. The fraction of sp³-hybridized carbons (Fsp3) is 0.278. The predicted octanol–water partition coefficient (Wildman–Crippen LogP) is 3.91. The van der Waals surface area contributed by atoms with Gasteiger partial charge in [-0.2, -0.15) is 0 Å². The van der Waals surface area contributed by atoms with Gasteiger partial charge in [0.2, 0.25) is 0 Å². The van der Waals surface area contributed by atoms with Crippen molar-refractivity contribution in [2.75, 3.05) is 13.7 Å². The fourth-order valence-electron chi connectivity index (χ4n) is 2.10. The van der Waals surface area contributed by atoms with Crippen molar-refractivity contribution in [3.8, 4) is 11.5 Å². The molecule has 0 spiro atoms. The van der Waals surface area contributed by atoms with Gasteiger partial charge in [-0.05, 0) is 36.2 Å². The lowest BCUT2D eigenvalue weighted by Crippen LogP contribution is -2.07.